The monoisotopic (exact) mass is 462 g/mol. The number of carbonyl (C=O) groups is 2. The van der Waals surface area contributed by atoms with Gasteiger partial charge in [0.1, 0.15) is 11.5 Å². The van der Waals surface area contributed by atoms with Crippen molar-refractivity contribution in [2.45, 2.75) is 13.3 Å². The van der Waals surface area contributed by atoms with Crippen LogP contribution >= 0.6 is 0 Å². The number of aryl methyl sites for hydroxylation is 1. The molecule has 0 bridgehead atoms. The summed E-state index contributed by atoms with van der Waals surface area (Å²) in [6.45, 7) is 1.93. The highest BCUT2D eigenvalue weighted by Gasteiger charge is 2.13. The lowest BCUT2D eigenvalue weighted by atomic mass is 10.2. The first-order valence-electron chi connectivity index (χ1n) is 10.6. The van der Waals surface area contributed by atoms with E-state index in [2.05, 4.69) is 17.5 Å². The van der Waals surface area contributed by atoms with Crippen LogP contribution in [0.4, 0.5) is 0 Å². The van der Waals surface area contributed by atoms with Crippen LogP contribution in [0.15, 0.2) is 71.8 Å². The molecule has 0 atom stereocenters. The molecule has 0 aliphatic heterocycles. The zero-order chi connectivity index (χ0) is 24.3. The summed E-state index contributed by atoms with van der Waals surface area (Å²) >= 11 is 0. The van der Waals surface area contributed by atoms with Crippen molar-refractivity contribution in [3.05, 3.63) is 83.4 Å². The summed E-state index contributed by atoms with van der Waals surface area (Å²) in [7, 11) is 3.01. The lowest BCUT2D eigenvalue weighted by molar-refractivity contribution is -0.123. The molecule has 1 N–H and O–H groups in total. The number of ether oxygens (including phenoxy) is 4. The molecule has 0 aromatic heterocycles. The van der Waals surface area contributed by atoms with Gasteiger partial charge in [0.2, 0.25) is 0 Å². The molecule has 8 heteroatoms. The van der Waals surface area contributed by atoms with Crippen LogP contribution in [0.3, 0.4) is 0 Å². The molecule has 3 aromatic carbocycles. The molecule has 8 nitrogen and oxygen atoms in total. The fourth-order valence-electron chi connectivity index (χ4n) is 2.93. The van der Waals surface area contributed by atoms with Gasteiger partial charge in [0, 0.05) is 0 Å². The number of benzene rings is 3. The molecule has 0 radical (unpaired) electrons. The molecule has 0 saturated heterocycles. The van der Waals surface area contributed by atoms with Gasteiger partial charge in [-0.05, 0) is 72.1 Å². The normalized spacial score (nSPS) is 10.6. The van der Waals surface area contributed by atoms with E-state index in [1.807, 2.05) is 24.3 Å². The van der Waals surface area contributed by atoms with Crippen molar-refractivity contribution < 1.29 is 28.5 Å². The van der Waals surface area contributed by atoms with Gasteiger partial charge >= 0.3 is 5.97 Å². The Balaban J connectivity index is 1.48. The number of methoxy groups -OCH3 is 2. The molecule has 0 saturated carbocycles. The van der Waals surface area contributed by atoms with Crippen molar-refractivity contribution in [2.75, 3.05) is 20.8 Å². The summed E-state index contributed by atoms with van der Waals surface area (Å²) in [6, 6.07) is 19.0. The highest BCUT2D eigenvalue weighted by molar-refractivity contribution is 5.92. The molecule has 0 aliphatic carbocycles. The lowest BCUT2D eigenvalue weighted by Gasteiger charge is -2.09. The van der Waals surface area contributed by atoms with E-state index in [1.54, 1.807) is 42.5 Å². The largest absolute Gasteiger partial charge is 0.493 e. The lowest BCUT2D eigenvalue weighted by Crippen LogP contribution is -2.24. The number of nitrogens with zero attached hydrogens (tertiary/aromatic N) is 1. The molecular weight excluding hydrogens is 436 g/mol. The maximum absolute atomic E-state index is 12.4. The summed E-state index contributed by atoms with van der Waals surface area (Å²) in [5, 5.41) is 3.92. The SMILES string of the molecule is CCc1ccc(OCC(=O)N/N=C\c2ccc(OC(=O)c3ccc(OC)c(OC)c3)cc2)cc1. The van der Waals surface area contributed by atoms with Crippen LogP contribution in [0.1, 0.15) is 28.4 Å². The van der Waals surface area contributed by atoms with Gasteiger partial charge in [-0.1, -0.05) is 19.1 Å². The maximum Gasteiger partial charge on any atom is 0.343 e. The Morgan fingerprint density at radius 2 is 1.56 bits per heavy atom. The minimum atomic E-state index is -0.529. The van der Waals surface area contributed by atoms with Gasteiger partial charge < -0.3 is 18.9 Å². The standard InChI is InChI=1S/C26H26N2O6/c1-4-18-5-10-21(11-6-18)33-17-25(29)28-27-16-19-7-12-22(13-8-19)34-26(30)20-9-14-23(31-2)24(15-20)32-3/h5-16H,4,17H2,1-3H3,(H,28,29)/b27-16-. The van der Waals surface area contributed by atoms with Crippen LogP contribution in [-0.4, -0.2) is 38.9 Å². The minimum absolute atomic E-state index is 0.145. The van der Waals surface area contributed by atoms with Gasteiger partial charge in [-0.3, -0.25) is 4.79 Å². The first kappa shape index (κ1) is 24.3. The molecule has 0 heterocycles. The fourth-order valence-corrected chi connectivity index (χ4v) is 2.93. The van der Waals surface area contributed by atoms with Crippen molar-refractivity contribution >= 4 is 18.1 Å². The van der Waals surface area contributed by atoms with Crippen molar-refractivity contribution in [3.63, 3.8) is 0 Å². The molecule has 0 fully saturated rings. The van der Waals surface area contributed by atoms with E-state index in [0.717, 1.165) is 6.42 Å². The number of nitrogens with one attached hydrogen (secondary N) is 1. The van der Waals surface area contributed by atoms with Crippen LogP contribution in [0, 0.1) is 0 Å². The molecular formula is C26H26N2O6. The van der Waals surface area contributed by atoms with Gasteiger partial charge in [-0.15, -0.1) is 0 Å². The molecule has 0 aliphatic rings. The zero-order valence-electron chi connectivity index (χ0n) is 19.2. The predicted molar refractivity (Wildman–Crippen MR) is 128 cm³/mol. The quantitative estimate of drug-likeness (QED) is 0.212. The van der Waals surface area contributed by atoms with Crippen LogP contribution in [0.5, 0.6) is 23.0 Å². The second kappa shape index (κ2) is 12.1. The van der Waals surface area contributed by atoms with E-state index in [0.29, 0.717) is 34.1 Å². The Kier molecular flexibility index (Phi) is 8.62. The number of rotatable bonds is 10. The second-order valence-electron chi connectivity index (χ2n) is 7.11. The Morgan fingerprint density at radius 3 is 2.21 bits per heavy atom. The molecule has 0 spiro atoms. The summed E-state index contributed by atoms with van der Waals surface area (Å²) in [5.74, 6) is 1.03. The first-order chi connectivity index (χ1) is 16.5. The van der Waals surface area contributed by atoms with Gasteiger partial charge in [-0.25, -0.2) is 10.2 Å². The average Bonchev–Trinajstić information content (AvgIpc) is 2.88. The third kappa shape index (κ3) is 6.83. The maximum atomic E-state index is 12.4. The van der Waals surface area contributed by atoms with E-state index in [1.165, 1.54) is 26.0 Å². The number of hydrazone groups is 1. The Morgan fingerprint density at radius 1 is 0.882 bits per heavy atom. The summed E-state index contributed by atoms with van der Waals surface area (Å²) in [4.78, 5) is 24.3. The van der Waals surface area contributed by atoms with E-state index in [9.17, 15) is 9.59 Å². The number of carbonyl (C=O) groups excluding carboxylic acids is 2. The van der Waals surface area contributed by atoms with Gasteiger partial charge in [0.05, 0.1) is 26.0 Å². The molecule has 34 heavy (non-hydrogen) atoms. The summed E-state index contributed by atoms with van der Waals surface area (Å²) in [6.07, 6.45) is 2.42. The van der Waals surface area contributed by atoms with Crippen LogP contribution in [0.2, 0.25) is 0 Å². The molecule has 3 rings (SSSR count). The summed E-state index contributed by atoms with van der Waals surface area (Å²) < 4.78 is 21.2. The van der Waals surface area contributed by atoms with Crippen LogP contribution in [0.25, 0.3) is 0 Å². The third-order valence-electron chi connectivity index (χ3n) is 4.81. The van der Waals surface area contributed by atoms with Crippen molar-refractivity contribution in [2.24, 2.45) is 5.10 Å². The molecule has 3 aromatic rings. The van der Waals surface area contributed by atoms with Crippen LogP contribution < -0.4 is 24.4 Å². The van der Waals surface area contributed by atoms with Crippen molar-refractivity contribution in [3.8, 4) is 23.0 Å². The van der Waals surface area contributed by atoms with Crippen molar-refractivity contribution in [1.29, 1.82) is 0 Å². The third-order valence-corrected chi connectivity index (χ3v) is 4.81. The summed E-state index contributed by atoms with van der Waals surface area (Å²) in [5.41, 5.74) is 4.65. The van der Waals surface area contributed by atoms with Gasteiger partial charge in [0.15, 0.2) is 18.1 Å². The Labute approximate surface area is 198 Å². The molecule has 0 unspecified atom stereocenters. The fraction of sp³-hybridized carbons (Fsp3) is 0.192. The molecule has 176 valence electrons. The van der Waals surface area contributed by atoms with E-state index < -0.39 is 5.97 Å². The number of amides is 1. The Bertz CT molecular complexity index is 1140. The second-order valence-corrected chi connectivity index (χ2v) is 7.11. The molecule has 1 amide bonds. The predicted octanol–water partition coefficient (Wildman–Crippen LogP) is 4.01. The first-order valence-corrected chi connectivity index (χ1v) is 10.6. The smallest absolute Gasteiger partial charge is 0.343 e. The zero-order valence-corrected chi connectivity index (χ0v) is 19.2. The minimum Gasteiger partial charge on any atom is -0.493 e. The van der Waals surface area contributed by atoms with Crippen LogP contribution in [-0.2, 0) is 11.2 Å². The average molecular weight is 463 g/mol. The van der Waals surface area contributed by atoms with E-state index in [-0.39, 0.29) is 12.5 Å². The van der Waals surface area contributed by atoms with E-state index >= 15 is 0 Å². The highest BCUT2D eigenvalue weighted by atomic mass is 16.5. The topological polar surface area (TPSA) is 95.5 Å². The van der Waals surface area contributed by atoms with Gasteiger partial charge in [-0.2, -0.15) is 5.10 Å². The number of hydrogen-bond donors (Lipinski definition) is 1. The van der Waals surface area contributed by atoms with E-state index in [4.69, 9.17) is 18.9 Å². The van der Waals surface area contributed by atoms with Crippen molar-refractivity contribution in [1.82, 2.24) is 5.43 Å². The van der Waals surface area contributed by atoms with Gasteiger partial charge in [0.25, 0.3) is 5.91 Å². The number of hydrogen-bond acceptors (Lipinski definition) is 7. The number of esters is 1. The Hall–Kier alpha value is -4.33. The highest BCUT2D eigenvalue weighted by Crippen LogP contribution is 2.28.